The van der Waals surface area contributed by atoms with Crippen LogP contribution in [0.4, 0.5) is 0 Å². The Balaban J connectivity index is 1.52. The van der Waals surface area contributed by atoms with Gasteiger partial charge in [0.15, 0.2) is 0 Å². The summed E-state index contributed by atoms with van der Waals surface area (Å²) in [5.41, 5.74) is 1.28. The lowest BCUT2D eigenvalue weighted by Crippen LogP contribution is -2.70. The molecule has 2 atom stereocenters. The van der Waals surface area contributed by atoms with E-state index in [2.05, 4.69) is 10.2 Å². The molecule has 3 fully saturated rings. The predicted molar refractivity (Wildman–Crippen MR) is 95.0 cm³/mol. The van der Waals surface area contributed by atoms with Gasteiger partial charge in [0, 0.05) is 38.4 Å². The third kappa shape index (κ3) is 3.20. The Labute approximate surface area is 157 Å². The molecule has 9 nitrogen and oxygen atoms in total. The number of rotatable bonds is 5. The average molecular weight is 375 g/mol. The molecule has 1 saturated carbocycles. The summed E-state index contributed by atoms with van der Waals surface area (Å²) < 4.78 is 5.06. The SMILES string of the molecule is COCCN1CCN2C(=O)C(C)N(C(=O)c3cc(C4CC4)[nH]n3)CC2C1=O. The van der Waals surface area contributed by atoms with Crippen molar-refractivity contribution in [2.75, 3.05) is 39.9 Å². The van der Waals surface area contributed by atoms with Crippen LogP contribution >= 0.6 is 0 Å². The molecule has 0 aromatic carbocycles. The number of piperazine rings is 2. The largest absolute Gasteiger partial charge is 0.383 e. The van der Waals surface area contributed by atoms with Gasteiger partial charge in [-0.1, -0.05) is 0 Å². The third-order valence-electron chi connectivity index (χ3n) is 5.72. The van der Waals surface area contributed by atoms with Crippen LogP contribution in [0.5, 0.6) is 0 Å². The number of nitrogens with one attached hydrogen (secondary N) is 1. The first-order chi connectivity index (χ1) is 13.0. The second kappa shape index (κ2) is 6.95. The fourth-order valence-electron chi connectivity index (χ4n) is 3.88. The van der Waals surface area contributed by atoms with Gasteiger partial charge in [-0.15, -0.1) is 0 Å². The molecule has 2 unspecified atom stereocenters. The van der Waals surface area contributed by atoms with Crippen LogP contribution < -0.4 is 0 Å². The van der Waals surface area contributed by atoms with Crippen molar-refractivity contribution in [1.82, 2.24) is 24.9 Å². The van der Waals surface area contributed by atoms with Crippen LogP contribution in [0.2, 0.25) is 0 Å². The smallest absolute Gasteiger partial charge is 0.275 e. The number of hydrogen-bond donors (Lipinski definition) is 1. The van der Waals surface area contributed by atoms with Crippen LogP contribution in [0.1, 0.15) is 41.9 Å². The number of aromatic amines is 1. The summed E-state index contributed by atoms with van der Waals surface area (Å²) in [7, 11) is 1.59. The van der Waals surface area contributed by atoms with Gasteiger partial charge in [-0.2, -0.15) is 5.10 Å². The number of amides is 3. The lowest BCUT2D eigenvalue weighted by molar-refractivity contribution is -0.160. The lowest BCUT2D eigenvalue weighted by Gasteiger charge is -2.48. The number of ether oxygens (including phenoxy) is 1. The summed E-state index contributed by atoms with van der Waals surface area (Å²) in [6, 6.07) is 0.537. The first-order valence-electron chi connectivity index (χ1n) is 9.45. The van der Waals surface area contributed by atoms with E-state index in [1.54, 1.807) is 29.9 Å². The van der Waals surface area contributed by atoms with Crippen molar-refractivity contribution in [3.63, 3.8) is 0 Å². The van der Waals surface area contributed by atoms with Crippen LogP contribution in [0.15, 0.2) is 6.07 Å². The molecule has 3 heterocycles. The zero-order valence-electron chi connectivity index (χ0n) is 15.7. The van der Waals surface area contributed by atoms with Crippen LogP contribution in [0, 0.1) is 0 Å². The van der Waals surface area contributed by atoms with Gasteiger partial charge in [-0.05, 0) is 25.8 Å². The highest BCUT2D eigenvalue weighted by molar-refractivity contribution is 5.99. The summed E-state index contributed by atoms with van der Waals surface area (Å²) in [6.45, 7) is 3.82. The Hall–Kier alpha value is -2.42. The number of fused-ring (bicyclic) bond motifs is 1. The Bertz CT molecular complexity index is 759. The van der Waals surface area contributed by atoms with Gasteiger partial charge in [0.2, 0.25) is 11.8 Å². The zero-order valence-corrected chi connectivity index (χ0v) is 15.7. The molecule has 9 heteroatoms. The van der Waals surface area contributed by atoms with E-state index in [4.69, 9.17) is 4.74 Å². The highest BCUT2D eigenvalue weighted by Crippen LogP contribution is 2.39. The van der Waals surface area contributed by atoms with Gasteiger partial charge in [-0.3, -0.25) is 19.5 Å². The molecule has 2 saturated heterocycles. The fraction of sp³-hybridized carbons (Fsp3) is 0.667. The Morgan fingerprint density at radius 2 is 2.07 bits per heavy atom. The third-order valence-corrected chi connectivity index (χ3v) is 5.72. The van der Waals surface area contributed by atoms with E-state index in [1.165, 1.54) is 4.90 Å². The van der Waals surface area contributed by atoms with Gasteiger partial charge in [0.05, 0.1) is 13.2 Å². The molecule has 3 aliphatic rings. The number of carbonyl (C=O) groups is 3. The van der Waals surface area contributed by atoms with Gasteiger partial charge in [-0.25, -0.2) is 0 Å². The lowest BCUT2D eigenvalue weighted by atomic mass is 10.0. The molecule has 0 bridgehead atoms. The molecule has 1 aliphatic carbocycles. The maximum absolute atomic E-state index is 13.0. The van der Waals surface area contributed by atoms with E-state index in [0.717, 1.165) is 18.5 Å². The van der Waals surface area contributed by atoms with E-state index in [9.17, 15) is 14.4 Å². The molecule has 0 spiro atoms. The topological polar surface area (TPSA) is 98.8 Å². The number of hydrogen-bond acceptors (Lipinski definition) is 5. The van der Waals surface area contributed by atoms with E-state index < -0.39 is 12.1 Å². The Morgan fingerprint density at radius 1 is 1.30 bits per heavy atom. The van der Waals surface area contributed by atoms with Crippen molar-refractivity contribution in [2.24, 2.45) is 0 Å². The molecular weight excluding hydrogens is 350 g/mol. The van der Waals surface area contributed by atoms with E-state index in [-0.39, 0.29) is 24.3 Å². The highest BCUT2D eigenvalue weighted by Gasteiger charge is 2.47. The monoisotopic (exact) mass is 375 g/mol. The maximum atomic E-state index is 13.0. The molecule has 0 radical (unpaired) electrons. The second-order valence-electron chi connectivity index (χ2n) is 7.48. The van der Waals surface area contributed by atoms with Crippen molar-refractivity contribution in [3.05, 3.63) is 17.5 Å². The van der Waals surface area contributed by atoms with Crippen molar-refractivity contribution < 1.29 is 19.1 Å². The number of H-pyrrole nitrogens is 1. The summed E-state index contributed by atoms with van der Waals surface area (Å²) in [4.78, 5) is 43.4. The summed E-state index contributed by atoms with van der Waals surface area (Å²) >= 11 is 0. The fourth-order valence-corrected chi connectivity index (χ4v) is 3.88. The Morgan fingerprint density at radius 3 is 2.78 bits per heavy atom. The summed E-state index contributed by atoms with van der Waals surface area (Å²) in [5.74, 6) is -0.154. The van der Waals surface area contributed by atoms with Gasteiger partial charge in [0.25, 0.3) is 5.91 Å². The molecule has 1 aromatic rings. The number of aromatic nitrogens is 2. The van der Waals surface area contributed by atoms with Crippen LogP contribution in [-0.4, -0.2) is 94.6 Å². The quantitative estimate of drug-likeness (QED) is 0.770. The molecular formula is C18H25N5O4. The summed E-state index contributed by atoms with van der Waals surface area (Å²) in [6.07, 6.45) is 2.22. The highest BCUT2D eigenvalue weighted by atomic mass is 16.5. The predicted octanol–water partition coefficient (Wildman–Crippen LogP) is -0.183. The maximum Gasteiger partial charge on any atom is 0.275 e. The molecule has 27 heavy (non-hydrogen) atoms. The van der Waals surface area contributed by atoms with Crippen LogP contribution in [0.3, 0.4) is 0 Å². The van der Waals surface area contributed by atoms with E-state index in [0.29, 0.717) is 37.9 Å². The molecule has 146 valence electrons. The minimum absolute atomic E-state index is 0.128. The number of carbonyl (C=O) groups excluding carboxylic acids is 3. The van der Waals surface area contributed by atoms with Gasteiger partial charge in [0.1, 0.15) is 17.8 Å². The first kappa shape index (κ1) is 18.0. The van der Waals surface area contributed by atoms with Crippen molar-refractivity contribution >= 4 is 17.7 Å². The minimum atomic E-state index is -0.634. The molecule has 2 aliphatic heterocycles. The molecule has 1 aromatic heterocycles. The number of methoxy groups -OCH3 is 1. The summed E-state index contributed by atoms with van der Waals surface area (Å²) in [5, 5.41) is 7.06. The van der Waals surface area contributed by atoms with E-state index in [1.807, 2.05) is 0 Å². The Kier molecular flexibility index (Phi) is 4.63. The van der Waals surface area contributed by atoms with Crippen molar-refractivity contribution in [1.29, 1.82) is 0 Å². The van der Waals surface area contributed by atoms with Gasteiger partial charge < -0.3 is 19.4 Å². The number of nitrogens with zero attached hydrogens (tertiary/aromatic N) is 4. The van der Waals surface area contributed by atoms with E-state index >= 15 is 0 Å². The molecule has 1 N–H and O–H groups in total. The van der Waals surface area contributed by atoms with Crippen molar-refractivity contribution in [2.45, 2.75) is 37.8 Å². The first-order valence-corrected chi connectivity index (χ1v) is 9.45. The van der Waals surface area contributed by atoms with Crippen LogP contribution in [0.25, 0.3) is 0 Å². The standard InChI is InChI=1S/C18H25N5O4/c1-11-16(24)22-6-5-21(7-8-27-2)18(26)15(22)10-23(11)17(25)14-9-13(19-20-14)12-3-4-12/h9,11-12,15H,3-8,10H2,1-2H3,(H,19,20). The zero-order chi connectivity index (χ0) is 19.1. The normalized spacial score (nSPS) is 25.8. The van der Waals surface area contributed by atoms with Crippen molar-refractivity contribution in [3.8, 4) is 0 Å². The second-order valence-corrected chi connectivity index (χ2v) is 7.48. The minimum Gasteiger partial charge on any atom is -0.383 e. The van der Waals surface area contributed by atoms with Gasteiger partial charge >= 0.3 is 0 Å². The molecule has 4 rings (SSSR count). The average Bonchev–Trinajstić information content (AvgIpc) is 3.40. The van der Waals surface area contributed by atoms with Crippen LogP contribution in [-0.2, 0) is 14.3 Å². The molecule has 3 amide bonds.